The van der Waals surface area contributed by atoms with Crippen LogP contribution in [0, 0.1) is 11.3 Å². The second kappa shape index (κ2) is 6.49. The topological polar surface area (TPSA) is 82.1 Å². The van der Waals surface area contributed by atoms with Gasteiger partial charge in [0.05, 0.1) is 17.3 Å². The molecule has 0 aliphatic carbocycles. The van der Waals surface area contributed by atoms with Gasteiger partial charge in [-0.25, -0.2) is 0 Å². The van der Waals surface area contributed by atoms with Gasteiger partial charge in [0.2, 0.25) is 0 Å². The Bertz CT molecular complexity index is 915. The van der Waals surface area contributed by atoms with Crippen molar-refractivity contribution in [2.45, 2.75) is 18.9 Å². The molecule has 4 rings (SSSR count). The third-order valence-electron chi connectivity index (χ3n) is 4.63. The van der Waals surface area contributed by atoms with Gasteiger partial charge in [0.25, 0.3) is 5.78 Å². The summed E-state index contributed by atoms with van der Waals surface area (Å²) in [7, 11) is 2.15. The molecule has 0 radical (unpaired) electrons. The molecule has 126 valence electrons. The predicted octanol–water partition coefficient (Wildman–Crippen LogP) is 2.17. The van der Waals surface area contributed by atoms with Crippen LogP contribution >= 0.6 is 0 Å². The van der Waals surface area contributed by atoms with Crippen LogP contribution in [-0.2, 0) is 0 Å². The number of piperidine rings is 1. The second-order valence-electron chi connectivity index (χ2n) is 6.41. The van der Waals surface area contributed by atoms with E-state index >= 15 is 0 Å². The summed E-state index contributed by atoms with van der Waals surface area (Å²) in [6.07, 6.45) is 3.71. The molecular weight excluding hydrogens is 314 g/mol. The molecule has 1 saturated heterocycles. The lowest BCUT2D eigenvalue weighted by atomic mass is 10.1. The van der Waals surface area contributed by atoms with Gasteiger partial charge in [0.15, 0.2) is 0 Å². The van der Waals surface area contributed by atoms with Gasteiger partial charge in [-0.1, -0.05) is 12.1 Å². The molecule has 0 amide bonds. The maximum atomic E-state index is 8.98. The third kappa shape index (κ3) is 3.16. The van der Waals surface area contributed by atoms with Crippen molar-refractivity contribution in [3.63, 3.8) is 0 Å². The highest BCUT2D eigenvalue weighted by Gasteiger charge is 2.18. The number of fused-ring (bicyclic) bond motifs is 1. The fourth-order valence-electron chi connectivity index (χ4n) is 3.17. The van der Waals surface area contributed by atoms with E-state index in [1.54, 1.807) is 4.52 Å². The summed E-state index contributed by atoms with van der Waals surface area (Å²) >= 11 is 0. The van der Waals surface area contributed by atoms with Gasteiger partial charge in [-0.3, -0.25) is 0 Å². The number of likely N-dealkylation sites (tertiary alicyclic amines) is 1. The minimum atomic E-state index is 0.419. The first-order valence-corrected chi connectivity index (χ1v) is 8.39. The smallest absolute Gasteiger partial charge is 0.254 e. The van der Waals surface area contributed by atoms with Gasteiger partial charge in [0.1, 0.15) is 12.1 Å². The molecule has 3 heterocycles. The van der Waals surface area contributed by atoms with Crippen molar-refractivity contribution in [1.29, 1.82) is 5.26 Å². The highest BCUT2D eigenvalue weighted by Crippen LogP contribution is 2.24. The highest BCUT2D eigenvalue weighted by molar-refractivity contribution is 5.66. The number of hydrogen-bond donors (Lipinski definition) is 1. The maximum absolute atomic E-state index is 8.98. The first kappa shape index (κ1) is 15.5. The van der Waals surface area contributed by atoms with Crippen molar-refractivity contribution in [2.75, 3.05) is 25.5 Å². The summed E-state index contributed by atoms with van der Waals surface area (Å²) in [5, 5.41) is 16.8. The van der Waals surface area contributed by atoms with E-state index in [-0.39, 0.29) is 0 Å². The van der Waals surface area contributed by atoms with Crippen LogP contribution in [0.5, 0.6) is 0 Å². The molecule has 3 aromatic rings. The van der Waals surface area contributed by atoms with E-state index in [0.717, 1.165) is 43.0 Å². The standard InChI is InChI=1S/C18H19N7/c1-24-8-6-15(7-9-24)22-17-10-16(25-18(23-17)20-12-21-25)14-4-2-13(11-19)3-5-14/h2-5,10,12,15H,6-9H2,1H3,(H,20,21,22,23). The van der Waals surface area contributed by atoms with Crippen LogP contribution in [0.2, 0.25) is 0 Å². The number of rotatable bonds is 3. The number of benzene rings is 1. The van der Waals surface area contributed by atoms with E-state index in [1.807, 2.05) is 30.3 Å². The molecule has 1 aromatic carbocycles. The molecule has 0 bridgehead atoms. The van der Waals surface area contributed by atoms with Gasteiger partial charge >= 0.3 is 0 Å². The Morgan fingerprint density at radius 3 is 2.68 bits per heavy atom. The van der Waals surface area contributed by atoms with Crippen LogP contribution in [0.15, 0.2) is 36.7 Å². The monoisotopic (exact) mass is 333 g/mol. The number of aromatic nitrogens is 4. The Morgan fingerprint density at radius 1 is 1.20 bits per heavy atom. The van der Waals surface area contributed by atoms with Crippen molar-refractivity contribution in [3.05, 3.63) is 42.2 Å². The van der Waals surface area contributed by atoms with Crippen LogP contribution in [0.4, 0.5) is 5.82 Å². The summed E-state index contributed by atoms with van der Waals surface area (Å²) in [5.74, 6) is 1.38. The molecule has 2 aromatic heterocycles. The SMILES string of the molecule is CN1CCC(Nc2cc(-c3ccc(C#N)cc3)n3ncnc3n2)CC1. The van der Waals surface area contributed by atoms with Crippen molar-refractivity contribution in [1.82, 2.24) is 24.5 Å². The lowest BCUT2D eigenvalue weighted by Gasteiger charge is -2.29. The number of hydrogen-bond acceptors (Lipinski definition) is 6. The lowest BCUT2D eigenvalue weighted by molar-refractivity contribution is 0.263. The zero-order valence-electron chi connectivity index (χ0n) is 14.1. The van der Waals surface area contributed by atoms with E-state index in [2.05, 4.69) is 38.4 Å². The van der Waals surface area contributed by atoms with Gasteiger partial charge in [0, 0.05) is 17.7 Å². The lowest BCUT2D eigenvalue weighted by Crippen LogP contribution is -2.36. The van der Waals surface area contributed by atoms with E-state index in [4.69, 9.17) is 5.26 Å². The number of nitrogens with zero attached hydrogens (tertiary/aromatic N) is 6. The molecule has 0 atom stereocenters. The average molecular weight is 333 g/mol. The van der Waals surface area contributed by atoms with Gasteiger partial charge in [-0.2, -0.15) is 24.8 Å². The molecule has 7 heteroatoms. The van der Waals surface area contributed by atoms with Gasteiger partial charge in [-0.15, -0.1) is 0 Å². The van der Waals surface area contributed by atoms with Crippen LogP contribution in [0.3, 0.4) is 0 Å². The molecule has 0 unspecified atom stereocenters. The number of anilines is 1. The molecule has 1 fully saturated rings. The normalized spacial score (nSPS) is 16.0. The highest BCUT2D eigenvalue weighted by atomic mass is 15.3. The third-order valence-corrected chi connectivity index (χ3v) is 4.63. The Labute approximate surface area is 145 Å². The van der Waals surface area contributed by atoms with Crippen LogP contribution in [-0.4, -0.2) is 50.7 Å². The molecule has 1 N–H and O–H groups in total. The van der Waals surface area contributed by atoms with Crippen LogP contribution < -0.4 is 5.32 Å². The van der Waals surface area contributed by atoms with E-state index in [0.29, 0.717) is 17.4 Å². The molecule has 0 spiro atoms. The fourth-order valence-corrected chi connectivity index (χ4v) is 3.17. The second-order valence-corrected chi connectivity index (χ2v) is 6.41. The summed E-state index contributed by atoms with van der Waals surface area (Å²) in [4.78, 5) is 11.2. The Balaban J connectivity index is 1.68. The van der Waals surface area contributed by atoms with Gasteiger partial charge < -0.3 is 10.2 Å². The molecule has 25 heavy (non-hydrogen) atoms. The van der Waals surface area contributed by atoms with E-state index < -0.39 is 0 Å². The Hall–Kier alpha value is -2.98. The van der Waals surface area contributed by atoms with Crippen molar-refractivity contribution >= 4 is 11.6 Å². The summed E-state index contributed by atoms with van der Waals surface area (Å²) < 4.78 is 1.72. The number of nitrogens with one attached hydrogen (secondary N) is 1. The summed E-state index contributed by atoms with van der Waals surface area (Å²) in [6, 6.07) is 12.0. The molecular formula is C18H19N7. The first-order valence-electron chi connectivity index (χ1n) is 8.39. The predicted molar refractivity (Wildman–Crippen MR) is 95.1 cm³/mol. The largest absolute Gasteiger partial charge is 0.367 e. The zero-order valence-corrected chi connectivity index (χ0v) is 14.1. The molecule has 7 nitrogen and oxygen atoms in total. The van der Waals surface area contributed by atoms with Crippen molar-refractivity contribution in [2.24, 2.45) is 0 Å². The summed E-state index contributed by atoms with van der Waals surface area (Å²) in [5.41, 5.74) is 2.52. The van der Waals surface area contributed by atoms with Crippen LogP contribution in [0.25, 0.3) is 17.0 Å². The first-order chi connectivity index (χ1) is 12.2. The van der Waals surface area contributed by atoms with Crippen molar-refractivity contribution < 1.29 is 0 Å². The molecule has 0 saturated carbocycles. The van der Waals surface area contributed by atoms with E-state index in [9.17, 15) is 0 Å². The van der Waals surface area contributed by atoms with Crippen molar-refractivity contribution in [3.8, 4) is 17.3 Å². The Morgan fingerprint density at radius 2 is 1.96 bits per heavy atom. The minimum Gasteiger partial charge on any atom is -0.367 e. The molecule has 1 aliphatic rings. The molecule has 1 aliphatic heterocycles. The quantitative estimate of drug-likeness (QED) is 0.791. The van der Waals surface area contributed by atoms with E-state index in [1.165, 1.54) is 6.33 Å². The zero-order chi connectivity index (χ0) is 17.2. The minimum absolute atomic E-state index is 0.419. The van der Waals surface area contributed by atoms with Gasteiger partial charge in [-0.05, 0) is 45.1 Å². The summed E-state index contributed by atoms with van der Waals surface area (Å²) in [6.45, 7) is 2.18. The maximum Gasteiger partial charge on any atom is 0.254 e. The number of nitriles is 1. The average Bonchev–Trinajstić information content (AvgIpc) is 3.12. The van der Waals surface area contributed by atoms with Crippen LogP contribution in [0.1, 0.15) is 18.4 Å². The Kier molecular flexibility index (Phi) is 4.04. The fraction of sp³-hybridized carbons (Fsp3) is 0.333.